The van der Waals surface area contributed by atoms with Gasteiger partial charge in [0.05, 0.1) is 26.4 Å². The number of aliphatic hydroxyl groups excluding tert-OH is 1. The molecule has 0 spiro atoms. The van der Waals surface area contributed by atoms with Crippen LogP contribution in [0, 0.1) is 17.3 Å². The maximum absolute atomic E-state index is 10.1. The molecule has 1 aromatic carbocycles. The van der Waals surface area contributed by atoms with Crippen LogP contribution in [0.3, 0.4) is 0 Å². The van der Waals surface area contributed by atoms with Crippen molar-refractivity contribution in [2.75, 3.05) is 33.4 Å². The van der Waals surface area contributed by atoms with Crippen LogP contribution in [0.25, 0.3) is 0 Å². The van der Waals surface area contributed by atoms with E-state index in [2.05, 4.69) is 37.4 Å². The second kappa shape index (κ2) is 8.55. The van der Waals surface area contributed by atoms with Crippen molar-refractivity contribution in [2.45, 2.75) is 39.2 Å². The third kappa shape index (κ3) is 4.48. The van der Waals surface area contributed by atoms with Gasteiger partial charge in [-0.3, -0.25) is 0 Å². The van der Waals surface area contributed by atoms with Gasteiger partial charge in [0, 0.05) is 6.54 Å². The number of aliphatic hydroxyl groups is 1. The minimum atomic E-state index is -0.461. The van der Waals surface area contributed by atoms with Crippen LogP contribution in [0.15, 0.2) is 35.9 Å². The van der Waals surface area contributed by atoms with Crippen molar-refractivity contribution in [2.24, 2.45) is 17.3 Å². The molecule has 3 atom stereocenters. The standard InChI is InChI=1S/C22H33NO3/c1-22(2)18-7-6-17(21(22)12-18)14-26-15-19(24)13-23-11-10-16-4-8-20(25-3)9-5-16/h4-6,8-9,18-19,21,23-24H,7,10-15H2,1-3H3. The molecule has 3 aliphatic rings. The summed E-state index contributed by atoms with van der Waals surface area (Å²) < 4.78 is 11.0. The molecule has 3 aliphatic carbocycles. The molecule has 0 heterocycles. The molecule has 1 fully saturated rings. The summed E-state index contributed by atoms with van der Waals surface area (Å²) in [6.45, 7) is 7.21. The molecule has 2 N–H and O–H groups in total. The fourth-order valence-electron chi connectivity index (χ4n) is 4.31. The topological polar surface area (TPSA) is 50.7 Å². The van der Waals surface area contributed by atoms with Crippen LogP contribution in [0.1, 0.15) is 32.3 Å². The molecule has 4 heteroatoms. The number of hydrogen-bond acceptors (Lipinski definition) is 4. The average Bonchev–Trinajstić information content (AvgIpc) is 2.65. The Balaban J connectivity index is 1.27. The maximum Gasteiger partial charge on any atom is 0.118 e. The van der Waals surface area contributed by atoms with Crippen molar-refractivity contribution in [1.82, 2.24) is 5.32 Å². The van der Waals surface area contributed by atoms with Crippen LogP contribution < -0.4 is 10.1 Å². The summed E-state index contributed by atoms with van der Waals surface area (Å²) in [4.78, 5) is 0. The van der Waals surface area contributed by atoms with Crippen LogP contribution in [-0.2, 0) is 11.2 Å². The largest absolute Gasteiger partial charge is 0.497 e. The lowest BCUT2D eigenvalue weighted by Crippen LogP contribution is -2.48. The Morgan fingerprint density at radius 3 is 2.69 bits per heavy atom. The summed E-state index contributed by atoms with van der Waals surface area (Å²) in [5.74, 6) is 2.42. The zero-order valence-electron chi connectivity index (χ0n) is 16.3. The van der Waals surface area contributed by atoms with Gasteiger partial charge in [-0.1, -0.05) is 32.1 Å². The van der Waals surface area contributed by atoms with Crippen molar-refractivity contribution >= 4 is 0 Å². The van der Waals surface area contributed by atoms with E-state index >= 15 is 0 Å². The molecule has 0 saturated heterocycles. The number of rotatable bonds is 10. The van der Waals surface area contributed by atoms with E-state index in [0.29, 0.717) is 31.1 Å². The minimum absolute atomic E-state index is 0.392. The van der Waals surface area contributed by atoms with Crippen molar-refractivity contribution in [3.63, 3.8) is 0 Å². The van der Waals surface area contributed by atoms with E-state index < -0.39 is 6.10 Å². The van der Waals surface area contributed by atoms with Gasteiger partial charge in [0.1, 0.15) is 5.75 Å². The van der Waals surface area contributed by atoms with E-state index in [1.807, 2.05) is 12.1 Å². The van der Waals surface area contributed by atoms with Crippen LogP contribution >= 0.6 is 0 Å². The summed E-state index contributed by atoms with van der Waals surface area (Å²) in [5, 5.41) is 13.4. The highest BCUT2D eigenvalue weighted by molar-refractivity contribution is 5.27. The van der Waals surface area contributed by atoms with Gasteiger partial charge in [0.25, 0.3) is 0 Å². The Morgan fingerprint density at radius 2 is 2.04 bits per heavy atom. The predicted molar refractivity (Wildman–Crippen MR) is 104 cm³/mol. The molecule has 144 valence electrons. The molecule has 0 amide bonds. The van der Waals surface area contributed by atoms with Gasteiger partial charge in [0.2, 0.25) is 0 Å². The molecule has 0 radical (unpaired) electrons. The highest BCUT2D eigenvalue weighted by Gasteiger charge is 2.50. The second-order valence-corrected chi connectivity index (χ2v) is 8.29. The Hall–Kier alpha value is -1.36. The summed E-state index contributed by atoms with van der Waals surface area (Å²) in [7, 11) is 1.68. The summed E-state index contributed by atoms with van der Waals surface area (Å²) >= 11 is 0. The van der Waals surface area contributed by atoms with Crippen LogP contribution in [-0.4, -0.2) is 44.6 Å². The Morgan fingerprint density at radius 1 is 1.27 bits per heavy atom. The van der Waals surface area contributed by atoms with Gasteiger partial charge in [-0.05, 0) is 66.3 Å². The molecule has 1 aromatic rings. The van der Waals surface area contributed by atoms with E-state index in [0.717, 1.165) is 24.6 Å². The van der Waals surface area contributed by atoms with E-state index in [9.17, 15) is 5.11 Å². The molecule has 1 saturated carbocycles. The predicted octanol–water partition coefficient (Wildman–Crippen LogP) is 3.20. The zero-order chi connectivity index (χ0) is 18.6. The van der Waals surface area contributed by atoms with Crippen molar-refractivity contribution in [3.8, 4) is 5.75 Å². The number of nitrogens with one attached hydrogen (secondary N) is 1. The van der Waals surface area contributed by atoms with Gasteiger partial charge in [0.15, 0.2) is 0 Å². The van der Waals surface area contributed by atoms with Crippen LogP contribution in [0.4, 0.5) is 0 Å². The van der Waals surface area contributed by atoms with E-state index in [-0.39, 0.29) is 0 Å². The molecule has 2 bridgehead atoms. The minimum Gasteiger partial charge on any atom is -0.497 e. The van der Waals surface area contributed by atoms with Gasteiger partial charge < -0.3 is 19.9 Å². The first-order valence-corrected chi connectivity index (χ1v) is 9.79. The van der Waals surface area contributed by atoms with Gasteiger partial charge >= 0.3 is 0 Å². The first-order valence-electron chi connectivity index (χ1n) is 9.79. The molecule has 26 heavy (non-hydrogen) atoms. The SMILES string of the molecule is COc1ccc(CCNCC(O)COCC2=CCC3CC2C3(C)C)cc1. The van der Waals surface area contributed by atoms with E-state index in [1.165, 1.54) is 24.0 Å². The fraction of sp³-hybridized carbons (Fsp3) is 0.636. The average molecular weight is 360 g/mol. The number of methoxy groups -OCH3 is 1. The lowest BCUT2D eigenvalue weighted by molar-refractivity contribution is -0.0235. The molecule has 3 unspecified atom stereocenters. The van der Waals surface area contributed by atoms with Gasteiger partial charge in [-0.15, -0.1) is 0 Å². The third-order valence-electron chi connectivity index (χ3n) is 6.29. The van der Waals surface area contributed by atoms with Crippen LogP contribution in [0.5, 0.6) is 5.75 Å². The normalized spacial score (nSPS) is 24.5. The number of ether oxygens (including phenoxy) is 2. The highest BCUT2D eigenvalue weighted by Crippen LogP contribution is 2.59. The fourth-order valence-corrected chi connectivity index (χ4v) is 4.31. The maximum atomic E-state index is 10.1. The van der Waals surface area contributed by atoms with Gasteiger partial charge in [-0.25, -0.2) is 0 Å². The number of allylic oxidation sites excluding steroid dienone is 1. The van der Waals surface area contributed by atoms with Crippen LogP contribution in [0.2, 0.25) is 0 Å². The summed E-state index contributed by atoms with van der Waals surface area (Å²) in [5.41, 5.74) is 3.14. The highest BCUT2D eigenvalue weighted by atomic mass is 16.5. The monoisotopic (exact) mass is 359 g/mol. The molecule has 0 aromatic heterocycles. The Kier molecular flexibility index (Phi) is 6.38. The lowest BCUT2D eigenvalue weighted by atomic mass is 9.49. The second-order valence-electron chi connectivity index (χ2n) is 8.29. The quantitative estimate of drug-likeness (QED) is 0.498. The number of fused-ring (bicyclic) bond motifs is 1. The van der Waals surface area contributed by atoms with E-state index in [4.69, 9.17) is 9.47 Å². The van der Waals surface area contributed by atoms with Crippen molar-refractivity contribution in [3.05, 3.63) is 41.5 Å². The Bertz CT molecular complexity index is 608. The Labute approximate surface area is 157 Å². The lowest BCUT2D eigenvalue weighted by Gasteiger charge is -2.56. The molecule has 4 nitrogen and oxygen atoms in total. The summed E-state index contributed by atoms with van der Waals surface area (Å²) in [6, 6.07) is 8.10. The first-order chi connectivity index (χ1) is 12.5. The zero-order valence-corrected chi connectivity index (χ0v) is 16.3. The summed E-state index contributed by atoms with van der Waals surface area (Å²) in [6.07, 6.45) is 5.35. The number of benzene rings is 1. The molecule has 0 aliphatic heterocycles. The first kappa shape index (κ1) is 19.4. The molecular weight excluding hydrogens is 326 g/mol. The molecule has 4 rings (SSSR count). The third-order valence-corrected chi connectivity index (χ3v) is 6.29. The molecular formula is C22H33NO3. The number of hydrogen-bond donors (Lipinski definition) is 2. The van der Waals surface area contributed by atoms with Crippen molar-refractivity contribution < 1.29 is 14.6 Å². The van der Waals surface area contributed by atoms with E-state index in [1.54, 1.807) is 7.11 Å². The van der Waals surface area contributed by atoms with Gasteiger partial charge in [-0.2, -0.15) is 0 Å². The smallest absolute Gasteiger partial charge is 0.118 e. The van der Waals surface area contributed by atoms with Crippen molar-refractivity contribution in [1.29, 1.82) is 0 Å².